The van der Waals surface area contributed by atoms with Crippen LogP contribution in [0.5, 0.6) is 0 Å². The van der Waals surface area contributed by atoms with Gasteiger partial charge in [-0.3, -0.25) is 0 Å². The number of thioether (sulfide) groups is 1. The lowest BCUT2D eigenvalue weighted by Crippen LogP contribution is -2.31. The van der Waals surface area contributed by atoms with Gasteiger partial charge in [0.15, 0.2) is 5.16 Å². The van der Waals surface area contributed by atoms with E-state index in [9.17, 15) is 9.90 Å². The van der Waals surface area contributed by atoms with Crippen molar-refractivity contribution in [3.05, 3.63) is 10.4 Å². The fourth-order valence-electron chi connectivity index (χ4n) is 2.34. The molecule has 0 radical (unpaired) electrons. The topological polar surface area (TPSA) is 101 Å². The zero-order valence-electron chi connectivity index (χ0n) is 11.6. The van der Waals surface area contributed by atoms with Crippen molar-refractivity contribution in [1.82, 2.24) is 9.97 Å². The van der Waals surface area contributed by atoms with Crippen LogP contribution in [0.3, 0.4) is 0 Å². The maximum atomic E-state index is 10.5. The monoisotopic (exact) mass is 324 g/mol. The van der Waals surface area contributed by atoms with Gasteiger partial charge in [-0.15, -0.1) is 11.3 Å². The van der Waals surface area contributed by atoms with Crippen molar-refractivity contribution in [2.24, 2.45) is 0 Å². The SMILES string of the molecule is CC1(C)Cc2c(sc3nc(SCC(=O)[O-])nc(N)c23)CO1. The summed E-state index contributed by atoms with van der Waals surface area (Å²) in [5.41, 5.74) is 6.99. The Hall–Kier alpha value is -1.38. The first-order chi connectivity index (χ1) is 9.85. The van der Waals surface area contributed by atoms with E-state index in [1.54, 1.807) is 0 Å². The van der Waals surface area contributed by atoms with E-state index in [-0.39, 0.29) is 11.4 Å². The molecule has 3 rings (SSSR count). The molecule has 0 aromatic carbocycles. The van der Waals surface area contributed by atoms with Crippen molar-refractivity contribution in [3.8, 4) is 0 Å². The smallest absolute Gasteiger partial charge is 0.191 e. The van der Waals surface area contributed by atoms with Crippen LogP contribution in [0.2, 0.25) is 0 Å². The molecule has 2 aromatic heterocycles. The molecule has 112 valence electrons. The summed E-state index contributed by atoms with van der Waals surface area (Å²) in [6.45, 7) is 4.63. The highest BCUT2D eigenvalue weighted by Crippen LogP contribution is 2.40. The molecule has 3 heterocycles. The Labute approximate surface area is 129 Å². The van der Waals surface area contributed by atoms with Crippen molar-refractivity contribution in [2.75, 3.05) is 11.5 Å². The molecule has 0 atom stereocenters. The third-order valence-corrected chi connectivity index (χ3v) is 5.18. The van der Waals surface area contributed by atoms with Crippen LogP contribution in [-0.2, 0) is 22.6 Å². The minimum absolute atomic E-state index is 0.188. The number of anilines is 1. The first kappa shape index (κ1) is 14.6. The van der Waals surface area contributed by atoms with Gasteiger partial charge in [-0.1, -0.05) is 11.8 Å². The Morgan fingerprint density at radius 3 is 3.00 bits per heavy atom. The second-order valence-electron chi connectivity index (χ2n) is 5.46. The van der Waals surface area contributed by atoms with E-state index in [4.69, 9.17) is 10.5 Å². The molecule has 0 saturated heterocycles. The number of nitrogens with two attached hydrogens (primary N) is 1. The number of aliphatic carboxylic acids is 1. The number of thiophene rings is 1. The first-order valence-electron chi connectivity index (χ1n) is 6.40. The molecule has 21 heavy (non-hydrogen) atoms. The number of carboxylic acid groups (broad SMARTS) is 1. The van der Waals surface area contributed by atoms with Gasteiger partial charge < -0.3 is 20.4 Å². The molecule has 0 unspecified atom stereocenters. The summed E-state index contributed by atoms with van der Waals surface area (Å²) in [6, 6.07) is 0. The third-order valence-electron chi connectivity index (χ3n) is 3.26. The number of aromatic nitrogens is 2. The van der Waals surface area contributed by atoms with E-state index < -0.39 is 5.97 Å². The van der Waals surface area contributed by atoms with Gasteiger partial charge in [-0.2, -0.15) is 0 Å². The Morgan fingerprint density at radius 1 is 1.52 bits per heavy atom. The van der Waals surface area contributed by atoms with Crippen molar-refractivity contribution >= 4 is 45.1 Å². The fourth-order valence-corrected chi connectivity index (χ4v) is 4.07. The first-order valence-corrected chi connectivity index (χ1v) is 8.20. The Bertz CT molecular complexity index is 727. The number of carboxylic acids is 1. The van der Waals surface area contributed by atoms with Crippen LogP contribution in [-0.4, -0.2) is 27.3 Å². The molecule has 2 N–H and O–H groups in total. The fraction of sp³-hybridized carbons (Fsp3) is 0.462. The lowest BCUT2D eigenvalue weighted by molar-refractivity contribution is -0.301. The summed E-state index contributed by atoms with van der Waals surface area (Å²) in [5, 5.41) is 11.8. The standard InChI is InChI=1S/C13H15N3O3S2/c1-13(2)3-6-7(4-19-13)21-11-9(6)10(14)15-12(16-11)20-5-8(17)18/h3-5H2,1-2H3,(H,17,18)(H2,14,15,16)/p-1. The second kappa shape index (κ2) is 5.11. The Balaban J connectivity index is 2.04. The van der Waals surface area contributed by atoms with Crippen LogP contribution >= 0.6 is 23.1 Å². The normalized spacial score (nSPS) is 16.9. The molecule has 0 spiro atoms. The summed E-state index contributed by atoms with van der Waals surface area (Å²) in [6.07, 6.45) is 0.765. The van der Waals surface area contributed by atoms with Gasteiger partial charge in [0.2, 0.25) is 0 Å². The number of hydrogen-bond donors (Lipinski definition) is 1. The van der Waals surface area contributed by atoms with E-state index in [2.05, 4.69) is 9.97 Å². The zero-order chi connectivity index (χ0) is 15.2. The molecular weight excluding hydrogens is 310 g/mol. The predicted molar refractivity (Wildman–Crippen MR) is 80.1 cm³/mol. The van der Waals surface area contributed by atoms with Gasteiger partial charge in [-0.05, 0) is 19.4 Å². The van der Waals surface area contributed by atoms with Crippen LogP contribution in [0.1, 0.15) is 24.3 Å². The third kappa shape index (κ3) is 2.83. The van der Waals surface area contributed by atoms with Crippen LogP contribution < -0.4 is 10.8 Å². The summed E-state index contributed by atoms with van der Waals surface area (Å²) < 4.78 is 5.80. The van der Waals surface area contributed by atoms with Gasteiger partial charge >= 0.3 is 0 Å². The van der Waals surface area contributed by atoms with Crippen LogP contribution in [0.15, 0.2) is 5.16 Å². The highest BCUT2D eigenvalue weighted by Gasteiger charge is 2.30. The van der Waals surface area contributed by atoms with E-state index in [1.807, 2.05) is 13.8 Å². The largest absolute Gasteiger partial charge is 0.549 e. The number of rotatable bonds is 3. The lowest BCUT2D eigenvalue weighted by atomic mass is 9.94. The van der Waals surface area contributed by atoms with Crippen LogP contribution in [0, 0.1) is 0 Å². The highest BCUT2D eigenvalue weighted by atomic mass is 32.2. The average molecular weight is 324 g/mol. The number of carbonyl (C=O) groups is 1. The predicted octanol–water partition coefficient (Wildman–Crippen LogP) is 0.967. The van der Waals surface area contributed by atoms with Crippen molar-refractivity contribution in [2.45, 2.75) is 37.6 Å². The molecule has 0 saturated carbocycles. The van der Waals surface area contributed by atoms with Gasteiger partial charge in [0.25, 0.3) is 0 Å². The maximum absolute atomic E-state index is 10.5. The quantitative estimate of drug-likeness (QED) is 0.663. The zero-order valence-corrected chi connectivity index (χ0v) is 13.3. The van der Waals surface area contributed by atoms with Gasteiger partial charge in [0, 0.05) is 17.1 Å². The molecule has 0 fully saturated rings. The average Bonchev–Trinajstić information content (AvgIpc) is 2.73. The molecule has 8 heteroatoms. The summed E-state index contributed by atoms with van der Waals surface area (Å²) >= 11 is 2.54. The summed E-state index contributed by atoms with van der Waals surface area (Å²) in [4.78, 5) is 21.0. The molecule has 0 bridgehead atoms. The number of nitrogen functional groups attached to an aromatic ring is 1. The number of nitrogens with zero attached hydrogens (tertiary/aromatic N) is 2. The van der Waals surface area contributed by atoms with Gasteiger partial charge in [-0.25, -0.2) is 9.97 Å². The second-order valence-corrected chi connectivity index (χ2v) is 7.49. The van der Waals surface area contributed by atoms with Crippen LogP contribution in [0.4, 0.5) is 5.82 Å². The number of fused-ring (bicyclic) bond motifs is 3. The van der Waals surface area contributed by atoms with Crippen LogP contribution in [0.25, 0.3) is 10.2 Å². The van der Waals surface area contributed by atoms with Gasteiger partial charge in [0.05, 0.1) is 23.6 Å². The number of carbonyl (C=O) groups excluding carboxylic acids is 1. The van der Waals surface area contributed by atoms with Crippen molar-refractivity contribution in [3.63, 3.8) is 0 Å². The maximum Gasteiger partial charge on any atom is 0.191 e. The van der Waals surface area contributed by atoms with Gasteiger partial charge in [0.1, 0.15) is 10.6 Å². The molecule has 6 nitrogen and oxygen atoms in total. The van der Waals surface area contributed by atoms with Crippen molar-refractivity contribution in [1.29, 1.82) is 0 Å². The Morgan fingerprint density at radius 2 is 2.29 bits per heavy atom. The number of hydrogen-bond acceptors (Lipinski definition) is 8. The Kier molecular flexibility index (Phi) is 3.54. The van der Waals surface area contributed by atoms with Crippen molar-refractivity contribution < 1.29 is 14.6 Å². The summed E-state index contributed by atoms with van der Waals surface area (Å²) in [5.74, 6) is -0.939. The summed E-state index contributed by atoms with van der Waals surface area (Å²) in [7, 11) is 0. The van der Waals surface area contributed by atoms with E-state index in [0.717, 1.165) is 38.8 Å². The minimum atomic E-state index is -1.15. The molecule has 0 amide bonds. The molecular formula is C13H14N3O3S2-. The molecule has 0 aliphatic carbocycles. The van der Waals surface area contributed by atoms with E-state index in [1.165, 1.54) is 11.3 Å². The van der Waals surface area contributed by atoms with E-state index in [0.29, 0.717) is 17.6 Å². The van der Waals surface area contributed by atoms with E-state index >= 15 is 0 Å². The minimum Gasteiger partial charge on any atom is -0.549 e. The lowest BCUT2D eigenvalue weighted by Gasteiger charge is -2.30. The number of ether oxygens (including phenoxy) is 1. The molecule has 2 aromatic rings. The molecule has 1 aliphatic rings. The highest BCUT2D eigenvalue weighted by molar-refractivity contribution is 7.99. The molecule has 1 aliphatic heterocycles.